The molecule has 1 aromatic heterocycles. The van der Waals surface area contributed by atoms with E-state index in [0.29, 0.717) is 18.3 Å². The number of hydrogen-bond donors (Lipinski definition) is 2. The topological polar surface area (TPSA) is 70.2 Å². The molecule has 3 aromatic rings. The van der Waals surface area contributed by atoms with E-state index < -0.39 is 6.04 Å². The van der Waals surface area contributed by atoms with Gasteiger partial charge in [-0.25, -0.2) is 4.98 Å². The summed E-state index contributed by atoms with van der Waals surface area (Å²) in [6.07, 6.45) is 2.76. The summed E-state index contributed by atoms with van der Waals surface area (Å²) >= 11 is 0. The minimum atomic E-state index is -0.399. The molecule has 1 fully saturated rings. The molecule has 174 valence electrons. The van der Waals surface area contributed by atoms with Crippen molar-refractivity contribution in [2.45, 2.75) is 46.2 Å². The number of amides is 1. The maximum atomic E-state index is 13.5. The summed E-state index contributed by atoms with van der Waals surface area (Å²) < 4.78 is 5.17. The molecular weight excluding hydrogens is 412 g/mol. The van der Waals surface area contributed by atoms with Crippen LogP contribution in [0.5, 0.6) is 0 Å². The summed E-state index contributed by atoms with van der Waals surface area (Å²) in [6, 6.07) is 12.4. The highest BCUT2D eigenvalue weighted by atomic mass is 16.5. The van der Waals surface area contributed by atoms with Gasteiger partial charge in [-0.05, 0) is 48.6 Å². The van der Waals surface area contributed by atoms with Crippen LogP contribution < -0.4 is 5.32 Å². The third-order valence-electron chi connectivity index (χ3n) is 6.51. The van der Waals surface area contributed by atoms with Gasteiger partial charge in [0.05, 0.1) is 25.0 Å². The maximum Gasteiger partial charge on any atom is 0.246 e. The van der Waals surface area contributed by atoms with Crippen LogP contribution in [-0.2, 0) is 9.53 Å². The third kappa shape index (κ3) is 4.75. The molecule has 0 bridgehead atoms. The lowest BCUT2D eigenvalue weighted by Gasteiger charge is -2.31. The molecule has 3 atom stereocenters. The van der Waals surface area contributed by atoms with E-state index in [2.05, 4.69) is 67.1 Å². The number of carbonyl (C=O) groups is 1. The lowest BCUT2D eigenvalue weighted by Crippen LogP contribution is -2.49. The fourth-order valence-electron chi connectivity index (χ4n) is 4.66. The molecule has 6 nitrogen and oxygen atoms in total. The number of nitrogens with zero attached hydrogens (tertiary/aromatic N) is 2. The van der Waals surface area contributed by atoms with Crippen molar-refractivity contribution in [3.63, 3.8) is 0 Å². The van der Waals surface area contributed by atoms with Gasteiger partial charge in [-0.2, -0.15) is 0 Å². The zero-order chi connectivity index (χ0) is 23.7. The van der Waals surface area contributed by atoms with Crippen molar-refractivity contribution in [2.24, 2.45) is 11.8 Å². The van der Waals surface area contributed by atoms with Crippen molar-refractivity contribution in [3.05, 3.63) is 66.4 Å². The first-order valence-corrected chi connectivity index (χ1v) is 11.6. The summed E-state index contributed by atoms with van der Waals surface area (Å²) in [4.78, 5) is 23.7. The molecule has 3 unspecified atom stereocenters. The Morgan fingerprint density at radius 3 is 2.70 bits per heavy atom. The number of carbonyl (C=O) groups excluding carboxylic acids is 1. The third-order valence-corrected chi connectivity index (χ3v) is 6.51. The number of benzene rings is 2. The Morgan fingerprint density at radius 2 is 1.97 bits per heavy atom. The first-order valence-electron chi connectivity index (χ1n) is 11.6. The number of aromatic nitrogens is 2. The minimum Gasteiger partial charge on any atom is -0.483 e. The number of likely N-dealkylation sites (tertiary alicyclic amines) is 1. The number of hydrogen-bond acceptors (Lipinski definition) is 4. The smallest absolute Gasteiger partial charge is 0.246 e. The van der Waals surface area contributed by atoms with Crippen molar-refractivity contribution in [2.75, 3.05) is 13.7 Å². The number of fused-ring (bicyclic) bond motifs is 1. The van der Waals surface area contributed by atoms with Crippen LogP contribution in [0.2, 0.25) is 0 Å². The lowest BCUT2D eigenvalue weighted by atomic mass is 10.0. The number of aromatic amines is 1. The predicted octanol–water partition coefficient (Wildman–Crippen LogP) is 5.18. The number of H-pyrrole nitrogens is 1. The quantitative estimate of drug-likeness (QED) is 0.491. The monoisotopic (exact) mass is 446 g/mol. The van der Waals surface area contributed by atoms with E-state index in [1.165, 1.54) is 16.3 Å². The molecule has 2 aromatic carbocycles. The highest BCUT2D eigenvalue weighted by Gasteiger charge is 2.39. The molecule has 0 saturated carbocycles. The Kier molecular flexibility index (Phi) is 6.45. The van der Waals surface area contributed by atoms with Crippen molar-refractivity contribution in [1.29, 1.82) is 0 Å². The molecule has 1 aliphatic heterocycles. The van der Waals surface area contributed by atoms with Gasteiger partial charge in [0.2, 0.25) is 5.91 Å². The Morgan fingerprint density at radius 1 is 1.24 bits per heavy atom. The zero-order valence-electron chi connectivity index (χ0n) is 20.2. The predicted molar refractivity (Wildman–Crippen MR) is 132 cm³/mol. The van der Waals surface area contributed by atoms with E-state index in [1.807, 2.05) is 24.9 Å². The van der Waals surface area contributed by atoms with Gasteiger partial charge in [-0.1, -0.05) is 56.7 Å². The summed E-state index contributed by atoms with van der Waals surface area (Å²) in [7, 11) is 1.55. The van der Waals surface area contributed by atoms with Crippen molar-refractivity contribution >= 4 is 16.7 Å². The normalized spacial score (nSPS) is 19.2. The van der Waals surface area contributed by atoms with Crippen LogP contribution in [0.15, 0.2) is 55.1 Å². The number of aryl methyl sites for hydroxylation is 1. The van der Waals surface area contributed by atoms with Gasteiger partial charge < -0.3 is 19.9 Å². The number of rotatable bonds is 7. The molecule has 0 aliphatic carbocycles. The van der Waals surface area contributed by atoms with Gasteiger partial charge in [0.1, 0.15) is 11.9 Å². The summed E-state index contributed by atoms with van der Waals surface area (Å²) in [5, 5.41) is 5.57. The average Bonchev–Trinajstić information content (AvgIpc) is 3.43. The standard InChI is InChI=1S/C27H34N4O2/c1-16(2)25(29-19(5)33-6)27(32)31-15-18(4)12-24(31)26-28-14-23(30-26)22-10-9-20-11-17(3)7-8-21(20)13-22/h7-11,13-14,16,18,24-25,29H,5,12,15H2,1-4,6H3,(H,28,30). The fourth-order valence-corrected chi connectivity index (χ4v) is 4.66. The summed E-state index contributed by atoms with van der Waals surface area (Å²) in [5.74, 6) is 1.78. The first kappa shape index (κ1) is 22.9. The van der Waals surface area contributed by atoms with Gasteiger partial charge in [-0.3, -0.25) is 4.79 Å². The number of nitrogens with one attached hydrogen (secondary N) is 2. The maximum absolute atomic E-state index is 13.5. The second-order valence-electron chi connectivity index (χ2n) is 9.59. The van der Waals surface area contributed by atoms with E-state index in [-0.39, 0.29) is 17.9 Å². The van der Waals surface area contributed by atoms with Crippen LogP contribution in [-0.4, -0.2) is 40.5 Å². The minimum absolute atomic E-state index is 0.0524. The Bertz CT molecular complexity index is 1170. The second-order valence-corrected chi connectivity index (χ2v) is 9.59. The molecule has 0 radical (unpaired) electrons. The SMILES string of the molecule is C=C(NC(C(=O)N1CC(C)CC1c1ncc(-c2ccc3cc(C)ccc3c2)[nH]1)C(C)C)OC. The summed E-state index contributed by atoms with van der Waals surface area (Å²) in [5.41, 5.74) is 3.31. The van der Waals surface area contributed by atoms with Gasteiger partial charge in [0.25, 0.3) is 0 Å². The Labute approximate surface area is 196 Å². The fraction of sp³-hybridized carbons (Fsp3) is 0.407. The van der Waals surface area contributed by atoms with E-state index in [1.54, 1.807) is 7.11 Å². The molecular formula is C27H34N4O2. The second kappa shape index (κ2) is 9.30. The van der Waals surface area contributed by atoms with Gasteiger partial charge in [0, 0.05) is 12.1 Å². The lowest BCUT2D eigenvalue weighted by molar-refractivity contribution is -0.135. The number of ether oxygens (including phenoxy) is 1. The largest absolute Gasteiger partial charge is 0.483 e. The van der Waals surface area contributed by atoms with Gasteiger partial charge in [0.15, 0.2) is 5.88 Å². The van der Waals surface area contributed by atoms with Crippen LogP contribution >= 0.6 is 0 Å². The van der Waals surface area contributed by atoms with Gasteiger partial charge in [-0.15, -0.1) is 0 Å². The van der Waals surface area contributed by atoms with Crippen LogP contribution in [0.1, 0.15) is 44.6 Å². The van der Waals surface area contributed by atoms with Crippen LogP contribution in [0.4, 0.5) is 0 Å². The number of imidazole rings is 1. The van der Waals surface area contributed by atoms with Crippen LogP contribution in [0.25, 0.3) is 22.0 Å². The van der Waals surface area contributed by atoms with E-state index >= 15 is 0 Å². The highest BCUT2D eigenvalue weighted by Crippen LogP contribution is 2.36. The zero-order valence-corrected chi connectivity index (χ0v) is 20.2. The Hall–Kier alpha value is -3.28. The van der Waals surface area contributed by atoms with Crippen LogP contribution in [0.3, 0.4) is 0 Å². The molecule has 1 saturated heterocycles. The summed E-state index contributed by atoms with van der Waals surface area (Å²) in [6.45, 7) is 12.9. The van der Waals surface area contributed by atoms with Crippen molar-refractivity contribution in [3.8, 4) is 11.3 Å². The van der Waals surface area contributed by atoms with E-state index in [0.717, 1.165) is 23.5 Å². The van der Waals surface area contributed by atoms with E-state index in [4.69, 9.17) is 9.72 Å². The average molecular weight is 447 g/mol. The molecule has 1 amide bonds. The van der Waals surface area contributed by atoms with E-state index in [9.17, 15) is 4.79 Å². The highest BCUT2D eigenvalue weighted by molar-refractivity contribution is 5.87. The van der Waals surface area contributed by atoms with Crippen molar-refractivity contribution < 1.29 is 9.53 Å². The molecule has 4 rings (SSSR count). The molecule has 6 heteroatoms. The van der Waals surface area contributed by atoms with Gasteiger partial charge >= 0.3 is 0 Å². The Balaban J connectivity index is 1.60. The molecule has 0 spiro atoms. The molecule has 2 N–H and O–H groups in total. The first-order chi connectivity index (χ1) is 15.8. The molecule has 1 aliphatic rings. The van der Waals surface area contributed by atoms with Crippen LogP contribution in [0, 0.1) is 18.8 Å². The van der Waals surface area contributed by atoms with Crippen molar-refractivity contribution in [1.82, 2.24) is 20.2 Å². The molecule has 33 heavy (non-hydrogen) atoms. The number of methoxy groups -OCH3 is 1. The molecule has 2 heterocycles.